The number of carbonyl (C=O) groups excluding carboxylic acids is 1. The normalized spacial score (nSPS) is 10.6. The third kappa shape index (κ3) is 5.06. The summed E-state index contributed by atoms with van der Waals surface area (Å²) in [6, 6.07) is 1.87. The molecule has 0 spiro atoms. The predicted octanol–water partition coefficient (Wildman–Crippen LogP) is 3.53. The minimum absolute atomic E-state index is 0.0208. The number of hydrogen-bond acceptors (Lipinski definition) is 2. The van der Waals surface area contributed by atoms with E-state index in [0.717, 1.165) is 29.7 Å². The van der Waals surface area contributed by atoms with E-state index in [9.17, 15) is 4.79 Å². The molecule has 0 saturated carbocycles. The number of amides is 1. The molecular formula is C13H21BrN2OS. The standard InChI is InChI=1S/C13H21BrN2OS/c1-3-16-10-11(14)9-12(16)13(17)15-7-5-4-6-8-18-2/h9-10H,3-8H2,1-2H3,(H,15,17). The second kappa shape index (κ2) is 8.64. The molecule has 102 valence electrons. The van der Waals surface area contributed by atoms with Gasteiger partial charge in [-0.2, -0.15) is 11.8 Å². The average Bonchev–Trinajstić information content (AvgIpc) is 2.74. The predicted molar refractivity (Wildman–Crippen MR) is 82.4 cm³/mol. The van der Waals surface area contributed by atoms with E-state index < -0.39 is 0 Å². The molecule has 0 aliphatic carbocycles. The first-order valence-electron chi connectivity index (χ1n) is 6.31. The fourth-order valence-corrected chi connectivity index (χ4v) is 2.72. The molecular weight excluding hydrogens is 312 g/mol. The molecule has 0 unspecified atom stereocenters. The third-order valence-electron chi connectivity index (χ3n) is 2.75. The summed E-state index contributed by atoms with van der Waals surface area (Å²) in [4.78, 5) is 12.0. The Kier molecular flexibility index (Phi) is 7.51. The van der Waals surface area contributed by atoms with Crippen LogP contribution in [0.2, 0.25) is 0 Å². The molecule has 5 heteroatoms. The van der Waals surface area contributed by atoms with Gasteiger partial charge in [0, 0.05) is 23.8 Å². The van der Waals surface area contributed by atoms with Crippen molar-refractivity contribution in [1.29, 1.82) is 0 Å². The van der Waals surface area contributed by atoms with Crippen molar-refractivity contribution in [2.45, 2.75) is 32.7 Å². The van der Waals surface area contributed by atoms with Gasteiger partial charge in [0.1, 0.15) is 5.69 Å². The fourth-order valence-electron chi connectivity index (χ4n) is 1.77. The number of nitrogens with one attached hydrogen (secondary N) is 1. The summed E-state index contributed by atoms with van der Waals surface area (Å²) in [5.74, 6) is 1.23. The maximum atomic E-state index is 12.0. The number of nitrogens with zero attached hydrogens (tertiary/aromatic N) is 1. The highest BCUT2D eigenvalue weighted by Gasteiger charge is 2.11. The summed E-state index contributed by atoms with van der Waals surface area (Å²) in [6.07, 6.45) is 7.53. The van der Waals surface area contributed by atoms with E-state index in [-0.39, 0.29) is 5.91 Å². The summed E-state index contributed by atoms with van der Waals surface area (Å²) >= 11 is 5.27. The zero-order valence-corrected chi connectivity index (χ0v) is 13.4. The van der Waals surface area contributed by atoms with Crippen LogP contribution in [0.1, 0.15) is 36.7 Å². The van der Waals surface area contributed by atoms with Crippen LogP contribution in [0.3, 0.4) is 0 Å². The molecule has 0 radical (unpaired) electrons. The Hall–Kier alpha value is -0.420. The summed E-state index contributed by atoms with van der Waals surface area (Å²) in [5.41, 5.74) is 0.730. The minimum atomic E-state index is 0.0208. The fraction of sp³-hybridized carbons (Fsp3) is 0.615. The summed E-state index contributed by atoms with van der Waals surface area (Å²) in [5, 5.41) is 2.98. The van der Waals surface area contributed by atoms with E-state index in [1.807, 2.05) is 35.5 Å². The minimum Gasteiger partial charge on any atom is -0.351 e. The van der Waals surface area contributed by atoms with Crippen LogP contribution in [0.25, 0.3) is 0 Å². The van der Waals surface area contributed by atoms with Crippen LogP contribution in [-0.4, -0.2) is 29.0 Å². The number of carbonyl (C=O) groups is 1. The van der Waals surface area contributed by atoms with Gasteiger partial charge in [-0.15, -0.1) is 0 Å². The maximum absolute atomic E-state index is 12.0. The van der Waals surface area contributed by atoms with E-state index in [2.05, 4.69) is 27.5 Å². The molecule has 0 atom stereocenters. The smallest absolute Gasteiger partial charge is 0.267 e. The van der Waals surface area contributed by atoms with Crippen molar-refractivity contribution in [2.75, 3.05) is 18.6 Å². The third-order valence-corrected chi connectivity index (χ3v) is 3.88. The Bertz CT molecular complexity index is 379. The molecule has 3 nitrogen and oxygen atoms in total. The number of halogens is 1. The highest BCUT2D eigenvalue weighted by molar-refractivity contribution is 9.10. The van der Waals surface area contributed by atoms with Gasteiger partial charge in [0.2, 0.25) is 0 Å². The number of hydrogen-bond donors (Lipinski definition) is 1. The molecule has 1 aromatic rings. The Morgan fingerprint density at radius 1 is 1.44 bits per heavy atom. The van der Waals surface area contributed by atoms with Crippen LogP contribution in [0, 0.1) is 0 Å². The molecule has 0 fully saturated rings. The van der Waals surface area contributed by atoms with Gasteiger partial charge >= 0.3 is 0 Å². The summed E-state index contributed by atoms with van der Waals surface area (Å²) in [6.45, 7) is 3.60. The highest BCUT2D eigenvalue weighted by atomic mass is 79.9. The first-order valence-corrected chi connectivity index (χ1v) is 8.50. The number of rotatable bonds is 8. The van der Waals surface area contributed by atoms with Crippen molar-refractivity contribution in [3.8, 4) is 0 Å². The van der Waals surface area contributed by atoms with E-state index in [1.54, 1.807) is 0 Å². The first kappa shape index (κ1) is 15.6. The lowest BCUT2D eigenvalue weighted by atomic mass is 10.2. The average molecular weight is 333 g/mol. The first-order chi connectivity index (χ1) is 8.69. The van der Waals surface area contributed by atoms with E-state index in [0.29, 0.717) is 0 Å². The Morgan fingerprint density at radius 2 is 2.22 bits per heavy atom. The Morgan fingerprint density at radius 3 is 2.89 bits per heavy atom. The van der Waals surface area contributed by atoms with Crippen LogP contribution in [0.15, 0.2) is 16.7 Å². The number of aromatic nitrogens is 1. The lowest BCUT2D eigenvalue weighted by Gasteiger charge is -2.07. The van der Waals surface area contributed by atoms with E-state index in [1.165, 1.54) is 18.6 Å². The van der Waals surface area contributed by atoms with Gasteiger partial charge in [-0.1, -0.05) is 6.42 Å². The Labute approximate surface area is 122 Å². The molecule has 0 aromatic carbocycles. The molecule has 1 aromatic heterocycles. The number of thioether (sulfide) groups is 1. The molecule has 1 amide bonds. The van der Waals surface area contributed by atoms with Crippen LogP contribution in [0.5, 0.6) is 0 Å². The van der Waals surface area contributed by atoms with Crippen LogP contribution >= 0.6 is 27.7 Å². The topological polar surface area (TPSA) is 34.0 Å². The SMILES string of the molecule is CCn1cc(Br)cc1C(=O)NCCCCCSC. The molecule has 0 bridgehead atoms. The van der Waals surface area contributed by atoms with Crippen molar-refractivity contribution in [1.82, 2.24) is 9.88 Å². The van der Waals surface area contributed by atoms with E-state index in [4.69, 9.17) is 0 Å². The van der Waals surface area contributed by atoms with Gasteiger partial charge in [0.05, 0.1) is 0 Å². The highest BCUT2D eigenvalue weighted by Crippen LogP contribution is 2.14. The van der Waals surface area contributed by atoms with Crippen molar-refractivity contribution in [3.63, 3.8) is 0 Å². The molecule has 1 rings (SSSR count). The van der Waals surface area contributed by atoms with Gasteiger partial charge in [-0.05, 0) is 53.8 Å². The monoisotopic (exact) mass is 332 g/mol. The van der Waals surface area contributed by atoms with Crippen molar-refractivity contribution in [3.05, 3.63) is 22.4 Å². The number of aryl methyl sites for hydroxylation is 1. The van der Waals surface area contributed by atoms with Gasteiger partial charge in [-0.3, -0.25) is 4.79 Å². The van der Waals surface area contributed by atoms with Gasteiger partial charge in [0.15, 0.2) is 0 Å². The second-order valence-corrected chi connectivity index (χ2v) is 6.04. The maximum Gasteiger partial charge on any atom is 0.267 e. The zero-order valence-electron chi connectivity index (χ0n) is 11.0. The van der Waals surface area contributed by atoms with Gasteiger partial charge in [-0.25, -0.2) is 0 Å². The lowest BCUT2D eigenvalue weighted by Crippen LogP contribution is -2.26. The molecule has 0 saturated heterocycles. The van der Waals surface area contributed by atoms with Crippen molar-refractivity contribution < 1.29 is 4.79 Å². The zero-order chi connectivity index (χ0) is 13.4. The molecule has 0 aliphatic heterocycles. The van der Waals surface area contributed by atoms with Crippen molar-refractivity contribution >= 4 is 33.6 Å². The van der Waals surface area contributed by atoms with Gasteiger partial charge in [0.25, 0.3) is 5.91 Å². The largest absolute Gasteiger partial charge is 0.351 e. The van der Waals surface area contributed by atoms with Crippen molar-refractivity contribution in [2.24, 2.45) is 0 Å². The van der Waals surface area contributed by atoms with Crippen LogP contribution in [-0.2, 0) is 6.54 Å². The molecule has 18 heavy (non-hydrogen) atoms. The van der Waals surface area contributed by atoms with Crippen LogP contribution in [0.4, 0.5) is 0 Å². The number of unbranched alkanes of at least 4 members (excludes halogenated alkanes) is 2. The van der Waals surface area contributed by atoms with Gasteiger partial charge < -0.3 is 9.88 Å². The summed E-state index contributed by atoms with van der Waals surface area (Å²) < 4.78 is 2.90. The molecule has 1 N–H and O–H groups in total. The Balaban J connectivity index is 2.32. The van der Waals surface area contributed by atoms with E-state index >= 15 is 0 Å². The second-order valence-electron chi connectivity index (χ2n) is 4.14. The lowest BCUT2D eigenvalue weighted by molar-refractivity contribution is 0.0944. The van der Waals surface area contributed by atoms with Crippen LogP contribution < -0.4 is 5.32 Å². The summed E-state index contributed by atoms with van der Waals surface area (Å²) in [7, 11) is 0. The quantitative estimate of drug-likeness (QED) is 0.739. The molecule has 0 aliphatic rings. The molecule has 1 heterocycles.